The fourth-order valence-corrected chi connectivity index (χ4v) is 3.05. The van der Waals surface area contributed by atoms with Crippen molar-refractivity contribution in [2.45, 2.75) is 25.5 Å². The van der Waals surface area contributed by atoms with Gasteiger partial charge in [0.05, 0.1) is 18.9 Å². The SMILES string of the molecule is COc1ccc(/C=C/CN(Cc2ccccn2)C[C@H]2CCCO2)cc1. The zero-order chi connectivity index (χ0) is 17.3. The number of benzene rings is 1. The molecule has 0 radical (unpaired) electrons. The molecule has 2 aromatic rings. The maximum Gasteiger partial charge on any atom is 0.118 e. The van der Waals surface area contributed by atoms with E-state index < -0.39 is 0 Å². The number of nitrogens with zero attached hydrogens (tertiary/aromatic N) is 2. The molecule has 2 heterocycles. The van der Waals surface area contributed by atoms with Crippen molar-refractivity contribution in [2.24, 2.45) is 0 Å². The summed E-state index contributed by atoms with van der Waals surface area (Å²) in [7, 11) is 1.69. The van der Waals surface area contributed by atoms with Crippen molar-refractivity contribution >= 4 is 6.08 Å². The quantitative estimate of drug-likeness (QED) is 0.733. The Morgan fingerprint density at radius 3 is 2.80 bits per heavy atom. The number of pyridine rings is 1. The van der Waals surface area contributed by atoms with Crippen LogP contribution in [-0.2, 0) is 11.3 Å². The minimum absolute atomic E-state index is 0.345. The maximum absolute atomic E-state index is 5.81. The lowest BCUT2D eigenvalue weighted by atomic mass is 10.2. The molecule has 1 aromatic heterocycles. The highest BCUT2D eigenvalue weighted by Gasteiger charge is 2.19. The van der Waals surface area contributed by atoms with Crippen LogP contribution in [0, 0.1) is 0 Å². The van der Waals surface area contributed by atoms with E-state index in [4.69, 9.17) is 9.47 Å². The molecule has 0 unspecified atom stereocenters. The van der Waals surface area contributed by atoms with Gasteiger partial charge in [0.1, 0.15) is 5.75 Å². The Labute approximate surface area is 150 Å². The minimum Gasteiger partial charge on any atom is -0.497 e. The van der Waals surface area contributed by atoms with Crippen molar-refractivity contribution in [3.63, 3.8) is 0 Å². The topological polar surface area (TPSA) is 34.6 Å². The molecular formula is C21H26N2O2. The summed E-state index contributed by atoms with van der Waals surface area (Å²) >= 11 is 0. The van der Waals surface area contributed by atoms with Gasteiger partial charge in [-0.3, -0.25) is 9.88 Å². The summed E-state index contributed by atoms with van der Waals surface area (Å²) in [5, 5.41) is 0. The molecular weight excluding hydrogens is 312 g/mol. The highest BCUT2D eigenvalue weighted by molar-refractivity contribution is 5.50. The predicted molar refractivity (Wildman–Crippen MR) is 101 cm³/mol. The lowest BCUT2D eigenvalue weighted by Gasteiger charge is -2.23. The first kappa shape index (κ1) is 17.6. The average Bonchev–Trinajstić information content (AvgIpc) is 3.16. The van der Waals surface area contributed by atoms with Crippen LogP contribution in [0.25, 0.3) is 6.08 Å². The molecule has 1 aliphatic rings. The fourth-order valence-electron chi connectivity index (χ4n) is 3.05. The van der Waals surface area contributed by atoms with Gasteiger partial charge in [-0.05, 0) is 42.7 Å². The molecule has 0 saturated carbocycles. The molecule has 0 spiro atoms. The van der Waals surface area contributed by atoms with Crippen molar-refractivity contribution in [3.05, 3.63) is 66.0 Å². The smallest absolute Gasteiger partial charge is 0.118 e. The van der Waals surface area contributed by atoms with Gasteiger partial charge in [-0.15, -0.1) is 0 Å². The molecule has 1 aliphatic heterocycles. The molecule has 1 atom stereocenters. The Bertz CT molecular complexity index is 649. The minimum atomic E-state index is 0.345. The third kappa shape index (κ3) is 5.69. The maximum atomic E-state index is 5.81. The van der Waals surface area contributed by atoms with E-state index in [2.05, 4.69) is 40.2 Å². The lowest BCUT2D eigenvalue weighted by Crippen LogP contribution is -2.32. The molecule has 0 amide bonds. The van der Waals surface area contributed by atoms with Gasteiger partial charge < -0.3 is 9.47 Å². The third-order valence-corrected chi connectivity index (χ3v) is 4.39. The van der Waals surface area contributed by atoms with Gasteiger partial charge in [-0.1, -0.05) is 30.4 Å². The lowest BCUT2D eigenvalue weighted by molar-refractivity contribution is 0.0743. The monoisotopic (exact) mass is 338 g/mol. The second kappa shape index (κ2) is 9.35. The van der Waals surface area contributed by atoms with Gasteiger partial charge in [0, 0.05) is 32.4 Å². The second-order valence-corrected chi connectivity index (χ2v) is 6.33. The van der Waals surface area contributed by atoms with Crippen molar-refractivity contribution in [1.82, 2.24) is 9.88 Å². The first-order valence-corrected chi connectivity index (χ1v) is 8.88. The highest BCUT2D eigenvalue weighted by Crippen LogP contribution is 2.15. The summed E-state index contributed by atoms with van der Waals surface area (Å²) in [5.74, 6) is 0.882. The second-order valence-electron chi connectivity index (χ2n) is 6.33. The van der Waals surface area contributed by atoms with Crippen LogP contribution in [0.2, 0.25) is 0 Å². The highest BCUT2D eigenvalue weighted by atomic mass is 16.5. The van der Waals surface area contributed by atoms with Crippen molar-refractivity contribution < 1.29 is 9.47 Å². The molecule has 132 valence electrons. The van der Waals surface area contributed by atoms with Gasteiger partial charge >= 0.3 is 0 Å². The first-order valence-electron chi connectivity index (χ1n) is 8.88. The number of methoxy groups -OCH3 is 1. The Kier molecular flexibility index (Phi) is 6.60. The standard InChI is InChI=1S/C21H26N2O2/c1-24-20-11-9-18(10-12-20)6-4-14-23(17-21-8-5-15-25-21)16-19-7-2-3-13-22-19/h2-4,6-7,9-13,21H,5,8,14-17H2,1H3/b6-4+/t21-/m1/s1. The van der Waals surface area contributed by atoms with E-state index in [1.807, 2.05) is 30.5 Å². The number of ether oxygens (including phenoxy) is 2. The van der Waals surface area contributed by atoms with E-state index in [0.717, 1.165) is 44.1 Å². The van der Waals surface area contributed by atoms with Gasteiger partial charge in [-0.25, -0.2) is 0 Å². The van der Waals surface area contributed by atoms with Crippen LogP contribution in [0.4, 0.5) is 0 Å². The summed E-state index contributed by atoms with van der Waals surface area (Å²) in [6, 6.07) is 14.2. The molecule has 3 rings (SSSR count). The molecule has 25 heavy (non-hydrogen) atoms. The summed E-state index contributed by atoms with van der Waals surface area (Å²) in [6.07, 6.45) is 8.88. The number of aromatic nitrogens is 1. The molecule has 1 saturated heterocycles. The summed E-state index contributed by atoms with van der Waals surface area (Å²) in [5.41, 5.74) is 2.27. The molecule has 0 N–H and O–H groups in total. The van der Waals surface area contributed by atoms with Crippen molar-refractivity contribution in [1.29, 1.82) is 0 Å². The van der Waals surface area contributed by atoms with Crippen LogP contribution in [0.1, 0.15) is 24.1 Å². The van der Waals surface area contributed by atoms with E-state index >= 15 is 0 Å². The molecule has 0 aliphatic carbocycles. The van der Waals surface area contributed by atoms with Crippen LogP contribution >= 0.6 is 0 Å². The first-order chi connectivity index (χ1) is 12.3. The van der Waals surface area contributed by atoms with Crippen molar-refractivity contribution in [3.8, 4) is 5.75 Å². The van der Waals surface area contributed by atoms with E-state index in [-0.39, 0.29) is 0 Å². The van der Waals surface area contributed by atoms with E-state index in [0.29, 0.717) is 6.10 Å². The largest absolute Gasteiger partial charge is 0.497 e. The van der Waals surface area contributed by atoms with E-state index in [1.54, 1.807) is 7.11 Å². The summed E-state index contributed by atoms with van der Waals surface area (Å²) < 4.78 is 11.0. The fraction of sp³-hybridized carbons (Fsp3) is 0.381. The molecule has 4 nitrogen and oxygen atoms in total. The predicted octanol–water partition coefficient (Wildman–Crippen LogP) is 3.78. The summed E-state index contributed by atoms with van der Waals surface area (Å²) in [4.78, 5) is 6.86. The number of rotatable bonds is 8. The van der Waals surface area contributed by atoms with Crippen LogP contribution in [0.3, 0.4) is 0 Å². The normalized spacial score (nSPS) is 17.4. The molecule has 1 fully saturated rings. The van der Waals surface area contributed by atoms with Crippen LogP contribution in [0.5, 0.6) is 5.75 Å². The third-order valence-electron chi connectivity index (χ3n) is 4.39. The van der Waals surface area contributed by atoms with Gasteiger partial charge in [-0.2, -0.15) is 0 Å². The molecule has 0 bridgehead atoms. The number of hydrogen-bond donors (Lipinski definition) is 0. The zero-order valence-corrected chi connectivity index (χ0v) is 14.8. The van der Waals surface area contributed by atoms with Gasteiger partial charge in [0.25, 0.3) is 0 Å². The molecule has 1 aromatic carbocycles. The van der Waals surface area contributed by atoms with E-state index in [9.17, 15) is 0 Å². The van der Waals surface area contributed by atoms with Gasteiger partial charge in [0.15, 0.2) is 0 Å². The molecule has 4 heteroatoms. The van der Waals surface area contributed by atoms with Gasteiger partial charge in [0.2, 0.25) is 0 Å². The average molecular weight is 338 g/mol. The Balaban J connectivity index is 1.60. The zero-order valence-electron chi connectivity index (χ0n) is 14.8. The number of hydrogen-bond acceptors (Lipinski definition) is 4. The summed E-state index contributed by atoms with van der Waals surface area (Å²) in [6.45, 7) is 3.56. The Morgan fingerprint density at radius 1 is 1.24 bits per heavy atom. The van der Waals surface area contributed by atoms with Crippen LogP contribution in [0.15, 0.2) is 54.7 Å². The van der Waals surface area contributed by atoms with E-state index in [1.165, 1.54) is 12.0 Å². The van der Waals surface area contributed by atoms with Crippen molar-refractivity contribution in [2.75, 3.05) is 26.8 Å². The van der Waals surface area contributed by atoms with Crippen LogP contribution in [-0.4, -0.2) is 42.8 Å². The van der Waals surface area contributed by atoms with Crippen LogP contribution < -0.4 is 4.74 Å². The Morgan fingerprint density at radius 2 is 2.12 bits per heavy atom. The Hall–Kier alpha value is -2.17.